The average molecular weight is 411 g/mol. The lowest BCUT2D eigenvalue weighted by molar-refractivity contribution is 0.0187. The monoisotopic (exact) mass is 410 g/mol. The van der Waals surface area contributed by atoms with Gasteiger partial charge >= 0.3 is 6.09 Å². The standard InChI is InChI=1S/C19H27BrN2O3/c1-19(2,3)25-18(23)22-7-4-5-16(12-22)21-11-14-10-15(20)9-13-6-8-24-17(13)14/h9-10,16,21H,4-8,11-12H2,1-3H3. The van der Waals surface area contributed by atoms with Crippen LogP contribution in [0.15, 0.2) is 16.6 Å². The first-order chi connectivity index (χ1) is 11.8. The average Bonchev–Trinajstić information content (AvgIpc) is 2.99. The lowest BCUT2D eigenvalue weighted by Crippen LogP contribution is -2.49. The van der Waals surface area contributed by atoms with Gasteiger partial charge in [-0.3, -0.25) is 0 Å². The number of rotatable bonds is 3. The first-order valence-corrected chi connectivity index (χ1v) is 9.76. The van der Waals surface area contributed by atoms with Crippen LogP contribution >= 0.6 is 15.9 Å². The zero-order valence-corrected chi connectivity index (χ0v) is 16.8. The highest BCUT2D eigenvalue weighted by Crippen LogP contribution is 2.33. The van der Waals surface area contributed by atoms with E-state index in [1.54, 1.807) is 0 Å². The highest BCUT2D eigenvalue weighted by Gasteiger charge is 2.27. The van der Waals surface area contributed by atoms with Crippen molar-refractivity contribution in [2.24, 2.45) is 0 Å². The number of nitrogens with zero attached hydrogens (tertiary/aromatic N) is 1. The van der Waals surface area contributed by atoms with Gasteiger partial charge in [-0.2, -0.15) is 0 Å². The summed E-state index contributed by atoms with van der Waals surface area (Å²) in [5.41, 5.74) is 1.99. The van der Waals surface area contributed by atoms with Crippen molar-refractivity contribution in [3.05, 3.63) is 27.7 Å². The van der Waals surface area contributed by atoms with Crippen molar-refractivity contribution in [3.8, 4) is 5.75 Å². The van der Waals surface area contributed by atoms with E-state index in [0.717, 1.165) is 49.2 Å². The van der Waals surface area contributed by atoms with Crippen LogP contribution in [0, 0.1) is 0 Å². The molecule has 1 amide bonds. The maximum atomic E-state index is 12.3. The van der Waals surface area contributed by atoms with Gasteiger partial charge in [0, 0.05) is 42.1 Å². The Morgan fingerprint density at radius 1 is 1.44 bits per heavy atom. The summed E-state index contributed by atoms with van der Waals surface area (Å²) in [7, 11) is 0. The number of carbonyl (C=O) groups is 1. The predicted molar refractivity (Wildman–Crippen MR) is 101 cm³/mol. The Morgan fingerprint density at radius 2 is 2.24 bits per heavy atom. The number of amides is 1. The molecule has 2 aliphatic rings. The summed E-state index contributed by atoms with van der Waals surface area (Å²) in [6.45, 7) is 8.66. The molecule has 6 heteroatoms. The first kappa shape index (κ1) is 18.5. The quantitative estimate of drug-likeness (QED) is 0.821. The fourth-order valence-corrected chi connectivity index (χ4v) is 3.92. The van der Waals surface area contributed by atoms with E-state index < -0.39 is 5.60 Å². The van der Waals surface area contributed by atoms with Crippen molar-refractivity contribution in [2.45, 2.75) is 58.2 Å². The van der Waals surface area contributed by atoms with E-state index in [1.807, 2.05) is 25.7 Å². The highest BCUT2D eigenvalue weighted by molar-refractivity contribution is 9.10. The highest BCUT2D eigenvalue weighted by atomic mass is 79.9. The van der Waals surface area contributed by atoms with E-state index >= 15 is 0 Å². The minimum Gasteiger partial charge on any atom is -0.493 e. The van der Waals surface area contributed by atoms with Gasteiger partial charge in [0.05, 0.1) is 6.61 Å². The zero-order chi connectivity index (χ0) is 18.0. The second kappa shape index (κ2) is 7.54. The smallest absolute Gasteiger partial charge is 0.410 e. The number of piperidine rings is 1. The van der Waals surface area contributed by atoms with Gasteiger partial charge in [0.25, 0.3) is 0 Å². The van der Waals surface area contributed by atoms with Gasteiger partial charge < -0.3 is 19.7 Å². The Bertz CT molecular complexity index is 642. The van der Waals surface area contributed by atoms with Crippen LogP contribution in [-0.4, -0.2) is 42.3 Å². The molecule has 5 nitrogen and oxygen atoms in total. The molecule has 2 aliphatic heterocycles. The van der Waals surface area contributed by atoms with Crippen molar-refractivity contribution in [2.75, 3.05) is 19.7 Å². The summed E-state index contributed by atoms with van der Waals surface area (Å²) in [4.78, 5) is 14.1. The third-order valence-corrected chi connectivity index (χ3v) is 4.94. The van der Waals surface area contributed by atoms with E-state index in [1.165, 1.54) is 11.1 Å². The van der Waals surface area contributed by atoms with Gasteiger partial charge in [-0.1, -0.05) is 15.9 Å². The van der Waals surface area contributed by atoms with Crippen molar-refractivity contribution in [1.82, 2.24) is 10.2 Å². The minimum atomic E-state index is -0.453. The molecule has 1 N–H and O–H groups in total. The van der Waals surface area contributed by atoms with Gasteiger partial charge in [0.15, 0.2) is 0 Å². The van der Waals surface area contributed by atoms with Crippen LogP contribution in [0.5, 0.6) is 5.75 Å². The summed E-state index contributed by atoms with van der Waals surface area (Å²) < 4.78 is 12.4. The van der Waals surface area contributed by atoms with Crippen LogP contribution in [0.4, 0.5) is 4.79 Å². The molecule has 3 rings (SSSR count). The second-order valence-corrected chi connectivity index (χ2v) is 8.71. The van der Waals surface area contributed by atoms with Crippen LogP contribution in [0.3, 0.4) is 0 Å². The van der Waals surface area contributed by atoms with Crippen molar-refractivity contribution in [1.29, 1.82) is 0 Å². The van der Waals surface area contributed by atoms with Crippen LogP contribution in [-0.2, 0) is 17.7 Å². The van der Waals surface area contributed by atoms with Gasteiger partial charge in [-0.05, 0) is 51.3 Å². The van der Waals surface area contributed by atoms with E-state index in [-0.39, 0.29) is 12.1 Å². The van der Waals surface area contributed by atoms with Crippen LogP contribution in [0.25, 0.3) is 0 Å². The third kappa shape index (κ3) is 4.88. The molecule has 25 heavy (non-hydrogen) atoms. The summed E-state index contributed by atoms with van der Waals surface area (Å²) in [6.07, 6.45) is 2.81. The number of carbonyl (C=O) groups excluding carboxylic acids is 1. The largest absolute Gasteiger partial charge is 0.493 e. The molecule has 138 valence electrons. The molecule has 0 aromatic heterocycles. The Hall–Kier alpha value is -1.27. The Balaban J connectivity index is 1.58. The normalized spacial score (nSPS) is 20.2. The molecule has 0 radical (unpaired) electrons. The lowest BCUT2D eigenvalue weighted by atomic mass is 10.0. The molecule has 2 heterocycles. The minimum absolute atomic E-state index is 0.217. The Morgan fingerprint density at radius 3 is 3.00 bits per heavy atom. The van der Waals surface area contributed by atoms with Crippen molar-refractivity contribution >= 4 is 22.0 Å². The molecule has 0 saturated carbocycles. The Kier molecular flexibility index (Phi) is 5.58. The molecule has 1 atom stereocenters. The first-order valence-electron chi connectivity index (χ1n) is 8.97. The van der Waals surface area contributed by atoms with Crippen LogP contribution in [0.2, 0.25) is 0 Å². The number of nitrogens with one attached hydrogen (secondary N) is 1. The summed E-state index contributed by atoms with van der Waals surface area (Å²) in [5, 5.41) is 3.59. The number of ether oxygens (including phenoxy) is 2. The van der Waals surface area contributed by atoms with Crippen molar-refractivity contribution in [3.63, 3.8) is 0 Å². The van der Waals surface area contributed by atoms with Gasteiger partial charge in [-0.15, -0.1) is 0 Å². The summed E-state index contributed by atoms with van der Waals surface area (Å²) in [5.74, 6) is 1.02. The number of benzene rings is 1. The lowest BCUT2D eigenvalue weighted by Gasteiger charge is -2.34. The molecule has 0 aliphatic carbocycles. The third-order valence-electron chi connectivity index (χ3n) is 4.48. The molecule has 1 unspecified atom stereocenters. The topological polar surface area (TPSA) is 50.8 Å². The van der Waals surface area contributed by atoms with Crippen LogP contribution < -0.4 is 10.1 Å². The number of halogens is 1. The van der Waals surface area contributed by atoms with Crippen molar-refractivity contribution < 1.29 is 14.3 Å². The molecule has 0 bridgehead atoms. The predicted octanol–water partition coefficient (Wildman–Crippen LogP) is 3.87. The summed E-state index contributed by atoms with van der Waals surface area (Å²) in [6, 6.07) is 4.53. The van der Waals surface area contributed by atoms with E-state index in [9.17, 15) is 4.79 Å². The molecule has 1 saturated heterocycles. The van der Waals surface area contributed by atoms with Crippen LogP contribution in [0.1, 0.15) is 44.7 Å². The Labute approximate surface area is 158 Å². The van der Waals surface area contributed by atoms with E-state index in [2.05, 4.69) is 33.4 Å². The maximum absolute atomic E-state index is 12.3. The second-order valence-electron chi connectivity index (χ2n) is 7.80. The SMILES string of the molecule is CC(C)(C)OC(=O)N1CCCC(NCc2cc(Br)cc3c2OCC3)C1. The maximum Gasteiger partial charge on any atom is 0.410 e. The molecule has 0 spiro atoms. The molecular weight excluding hydrogens is 384 g/mol. The van der Waals surface area contributed by atoms with Gasteiger partial charge in [0.2, 0.25) is 0 Å². The molecule has 1 fully saturated rings. The van der Waals surface area contributed by atoms with E-state index in [4.69, 9.17) is 9.47 Å². The molecule has 1 aromatic carbocycles. The number of hydrogen-bond acceptors (Lipinski definition) is 4. The van der Waals surface area contributed by atoms with Gasteiger partial charge in [0.1, 0.15) is 11.4 Å². The number of fused-ring (bicyclic) bond motifs is 1. The van der Waals surface area contributed by atoms with Gasteiger partial charge in [-0.25, -0.2) is 4.79 Å². The molecular formula is C19H27BrN2O3. The fourth-order valence-electron chi connectivity index (χ4n) is 3.37. The fraction of sp³-hybridized carbons (Fsp3) is 0.632. The number of likely N-dealkylation sites (tertiary alicyclic amines) is 1. The summed E-state index contributed by atoms with van der Waals surface area (Å²) >= 11 is 3.59. The van der Waals surface area contributed by atoms with E-state index in [0.29, 0.717) is 6.54 Å². The molecule has 1 aromatic rings. The zero-order valence-electron chi connectivity index (χ0n) is 15.2. The number of hydrogen-bond donors (Lipinski definition) is 1.